The van der Waals surface area contributed by atoms with Crippen LogP contribution in [0.15, 0.2) is 48.9 Å². The normalized spacial score (nSPS) is 10.8. The van der Waals surface area contributed by atoms with E-state index in [2.05, 4.69) is 37.6 Å². The van der Waals surface area contributed by atoms with E-state index < -0.39 is 0 Å². The van der Waals surface area contributed by atoms with Crippen LogP contribution in [-0.4, -0.2) is 26.7 Å². The topological polar surface area (TPSA) is 69.4 Å². The highest BCUT2D eigenvalue weighted by molar-refractivity contribution is 5.62. The van der Waals surface area contributed by atoms with E-state index >= 15 is 0 Å². The van der Waals surface area contributed by atoms with Crippen LogP contribution in [0.25, 0.3) is 11.3 Å². The number of rotatable bonds is 6. The van der Waals surface area contributed by atoms with Gasteiger partial charge in [0.1, 0.15) is 5.82 Å². The van der Waals surface area contributed by atoms with Crippen LogP contribution in [0.3, 0.4) is 0 Å². The van der Waals surface area contributed by atoms with Gasteiger partial charge in [-0.15, -0.1) is 0 Å². The highest BCUT2D eigenvalue weighted by atomic mass is 15.1. The van der Waals surface area contributed by atoms with Gasteiger partial charge >= 0.3 is 0 Å². The summed E-state index contributed by atoms with van der Waals surface area (Å²) in [6.07, 6.45) is 6.39. The summed E-state index contributed by atoms with van der Waals surface area (Å²) in [6, 6.07) is 10.2. The van der Waals surface area contributed by atoms with Crippen LogP contribution < -0.4 is 5.32 Å². The highest BCUT2D eigenvalue weighted by Crippen LogP contribution is 2.20. The zero-order valence-corrected chi connectivity index (χ0v) is 11.1. The van der Waals surface area contributed by atoms with Crippen molar-refractivity contribution in [2.45, 2.75) is 13.0 Å². The van der Waals surface area contributed by atoms with Gasteiger partial charge in [-0.05, 0) is 5.56 Å². The van der Waals surface area contributed by atoms with E-state index in [1.165, 1.54) is 5.56 Å². The van der Waals surface area contributed by atoms with E-state index in [-0.39, 0.29) is 0 Å². The van der Waals surface area contributed by atoms with Gasteiger partial charge in [0.25, 0.3) is 0 Å². The molecule has 0 aliphatic heterocycles. The molecule has 3 rings (SSSR count). The lowest BCUT2D eigenvalue weighted by Crippen LogP contribution is -2.17. The molecule has 0 fully saturated rings. The Kier molecular flexibility index (Phi) is 3.89. The summed E-state index contributed by atoms with van der Waals surface area (Å²) < 4.78 is 0. The lowest BCUT2D eigenvalue weighted by Gasteiger charge is -2.05. The zero-order valence-electron chi connectivity index (χ0n) is 11.1. The van der Waals surface area contributed by atoms with Crippen molar-refractivity contribution in [2.24, 2.45) is 0 Å². The number of nitrogens with zero attached hydrogens (tertiary/aromatic N) is 2. The SMILES string of the molecule is c1ccc(-c2[nH]ncc2CNCCc2ncc[nH]2)cc1. The predicted molar refractivity (Wildman–Crippen MR) is 78.0 cm³/mol. The van der Waals surface area contributed by atoms with Crippen LogP contribution in [0.2, 0.25) is 0 Å². The molecule has 5 nitrogen and oxygen atoms in total. The van der Waals surface area contributed by atoms with Gasteiger partial charge in [-0.25, -0.2) is 4.98 Å². The average Bonchev–Trinajstić information content (AvgIpc) is 3.16. The number of aromatic nitrogens is 4. The van der Waals surface area contributed by atoms with Crippen molar-refractivity contribution in [1.82, 2.24) is 25.5 Å². The fraction of sp³-hybridized carbons (Fsp3) is 0.200. The fourth-order valence-corrected chi connectivity index (χ4v) is 2.16. The summed E-state index contributed by atoms with van der Waals surface area (Å²) in [5.41, 5.74) is 3.42. The Bertz CT molecular complexity index is 627. The smallest absolute Gasteiger partial charge is 0.107 e. The lowest BCUT2D eigenvalue weighted by molar-refractivity contribution is 0.675. The predicted octanol–water partition coefficient (Wildman–Crippen LogP) is 2.13. The third-order valence-corrected chi connectivity index (χ3v) is 3.19. The molecule has 0 saturated heterocycles. The molecule has 3 N–H and O–H groups in total. The highest BCUT2D eigenvalue weighted by Gasteiger charge is 2.06. The Hall–Kier alpha value is -2.40. The fourth-order valence-electron chi connectivity index (χ4n) is 2.16. The summed E-state index contributed by atoms with van der Waals surface area (Å²) in [6.45, 7) is 1.67. The molecule has 102 valence electrons. The first kappa shape index (κ1) is 12.6. The van der Waals surface area contributed by atoms with Gasteiger partial charge in [-0.2, -0.15) is 5.10 Å². The van der Waals surface area contributed by atoms with Gasteiger partial charge in [0.15, 0.2) is 0 Å². The average molecular weight is 267 g/mol. The van der Waals surface area contributed by atoms with Crippen molar-refractivity contribution in [1.29, 1.82) is 0 Å². The minimum atomic E-state index is 0.793. The summed E-state index contributed by atoms with van der Waals surface area (Å²) in [5, 5.41) is 10.6. The number of H-pyrrole nitrogens is 2. The molecule has 0 bridgehead atoms. The lowest BCUT2D eigenvalue weighted by atomic mass is 10.1. The Balaban J connectivity index is 1.57. The van der Waals surface area contributed by atoms with Crippen molar-refractivity contribution in [3.05, 3.63) is 60.3 Å². The van der Waals surface area contributed by atoms with Gasteiger partial charge in [0, 0.05) is 37.5 Å². The molecule has 0 spiro atoms. The van der Waals surface area contributed by atoms with Crippen LogP contribution in [0, 0.1) is 0 Å². The summed E-state index contributed by atoms with van der Waals surface area (Å²) in [5.74, 6) is 1.01. The molecule has 0 radical (unpaired) electrons. The standard InChI is InChI=1S/C15H17N5/c1-2-4-12(5-3-1)15-13(11-19-20-15)10-16-7-6-14-17-8-9-18-14/h1-5,8-9,11,16H,6-7,10H2,(H,17,18)(H,19,20). The number of nitrogens with one attached hydrogen (secondary N) is 3. The van der Waals surface area contributed by atoms with Gasteiger partial charge < -0.3 is 10.3 Å². The van der Waals surface area contributed by atoms with Crippen LogP contribution in [0.5, 0.6) is 0 Å². The van der Waals surface area contributed by atoms with Crippen molar-refractivity contribution in [3.63, 3.8) is 0 Å². The number of hydrogen-bond donors (Lipinski definition) is 3. The van der Waals surface area contributed by atoms with Gasteiger partial charge in [0.05, 0.1) is 11.9 Å². The van der Waals surface area contributed by atoms with E-state index in [1.54, 1.807) is 6.20 Å². The molecule has 5 heteroatoms. The third-order valence-electron chi connectivity index (χ3n) is 3.19. The van der Waals surface area contributed by atoms with Crippen LogP contribution in [-0.2, 0) is 13.0 Å². The van der Waals surface area contributed by atoms with Gasteiger partial charge in [0.2, 0.25) is 0 Å². The Morgan fingerprint density at radius 3 is 2.85 bits per heavy atom. The number of benzene rings is 1. The molecule has 0 amide bonds. The first-order valence-electron chi connectivity index (χ1n) is 6.70. The van der Waals surface area contributed by atoms with Gasteiger partial charge in [-0.1, -0.05) is 30.3 Å². The molecule has 0 aliphatic carbocycles. The minimum Gasteiger partial charge on any atom is -0.349 e. The number of imidazole rings is 1. The van der Waals surface area contributed by atoms with Crippen LogP contribution >= 0.6 is 0 Å². The monoisotopic (exact) mass is 267 g/mol. The largest absolute Gasteiger partial charge is 0.349 e. The third kappa shape index (κ3) is 2.95. The summed E-state index contributed by atoms with van der Waals surface area (Å²) in [4.78, 5) is 7.30. The summed E-state index contributed by atoms with van der Waals surface area (Å²) >= 11 is 0. The minimum absolute atomic E-state index is 0.793. The molecule has 2 heterocycles. The first-order valence-corrected chi connectivity index (χ1v) is 6.70. The second kappa shape index (κ2) is 6.16. The maximum atomic E-state index is 4.20. The van der Waals surface area contributed by atoms with Crippen LogP contribution in [0.4, 0.5) is 0 Å². The maximum Gasteiger partial charge on any atom is 0.107 e. The van der Waals surface area contributed by atoms with Crippen molar-refractivity contribution in [2.75, 3.05) is 6.54 Å². The van der Waals surface area contributed by atoms with Crippen molar-refractivity contribution < 1.29 is 0 Å². The molecule has 1 aromatic carbocycles. The molecule has 3 aromatic rings. The molecule has 0 atom stereocenters. The molecule has 0 saturated carbocycles. The van der Waals surface area contributed by atoms with E-state index in [9.17, 15) is 0 Å². The number of aromatic amines is 2. The van der Waals surface area contributed by atoms with E-state index in [4.69, 9.17) is 0 Å². The second-order valence-electron chi connectivity index (χ2n) is 4.60. The van der Waals surface area contributed by atoms with Crippen LogP contribution in [0.1, 0.15) is 11.4 Å². The molecular weight excluding hydrogens is 250 g/mol. The molecule has 2 aromatic heterocycles. The molecule has 0 aliphatic rings. The molecule has 0 unspecified atom stereocenters. The van der Waals surface area contributed by atoms with Crippen molar-refractivity contribution in [3.8, 4) is 11.3 Å². The van der Waals surface area contributed by atoms with Crippen molar-refractivity contribution >= 4 is 0 Å². The number of hydrogen-bond acceptors (Lipinski definition) is 3. The zero-order chi connectivity index (χ0) is 13.6. The first-order chi connectivity index (χ1) is 9.93. The molecular formula is C15H17N5. The Labute approximate surface area is 117 Å². The van der Waals surface area contributed by atoms with Gasteiger partial charge in [-0.3, -0.25) is 5.10 Å². The molecule has 20 heavy (non-hydrogen) atoms. The summed E-state index contributed by atoms with van der Waals surface area (Å²) in [7, 11) is 0. The maximum absolute atomic E-state index is 4.20. The van der Waals surface area contributed by atoms with E-state index in [0.29, 0.717) is 0 Å². The Morgan fingerprint density at radius 2 is 2.05 bits per heavy atom. The second-order valence-corrected chi connectivity index (χ2v) is 4.60. The quantitative estimate of drug-likeness (QED) is 0.599. The van der Waals surface area contributed by atoms with E-state index in [0.717, 1.165) is 36.6 Å². The Morgan fingerprint density at radius 1 is 1.15 bits per heavy atom. The van der Waals surface area contributed by atoms with E-state index in [1.807, 2.05) is 30.6 Å².